The fourth-order valence-electron chi connectivity index (χ4n) is 5.08. The number of aryl methyl sites for hydroxylation is 1. The number of halogens is 3. The Balaban J connectivity index is 1.52. The fourth-order valence-corrected chi connectivity index (χ4v) is 5.08. The minimum Gasteiger partial charge on any atom is -0.478 e. The second-order valence-corrected chi connectivity index (χ2v) is 10.5. The van der Waals surface area contributed by atoms with Gasteiger partial charge >= 0.3 is 24.1 Å². The Bertz CT molecular complexity index is 1670. The molecule has 0 aliphatic carbocycles. The number of rotatable bonds is 13. The second kappa shape index (κ2) is 14.7. The molecule has 4 aromatic rings. The Morgan fingerprint density at radius 1 is 0.978 bits per heavy atom. The summed E-state index contributed by atoms with van der Waals surface area (Å²) in [6.07, 6.45) is -1.33. The molecule has 0 unspecified atom stereocenters. The van der Waals surface area contributed by atoms with Crippen molar-refractivity contribution in [2.45, 2.75) is 58.5 Å². The van der Waals surface area contributed by atoms with Crippen LogP contribution in [0.3, 0.4) is 0 Å². The smallest absolute Gasteiger partial charge is 0.478 e. The van der Waals surface area contributed by atoms with Crippen molar-refractivity contribution >= 4 is 34.7 Å². The van der Waals surface area contributed by atoms with Crippen molar-refractivity contribution in [3.8, 4) is 16.8 Å². The molecule has 0 saturated heterocycles. The minimum atomic E-state index is -5.01. The molecule has 238 valence electrons. The van der Waals surface area contributed by atoms with Crippen LogP contribution in [0.4, 0.5) is 23.7 Å². The lowest BCUT2D eigenvalue weighted by Gasteiger charge is -2.17. The summed E-state index contributed by atoms with van der Waals surface area (Å²) in [5, 5.41) is 15.7. The maximum Gasteiger partial charge on any atom is 0.490 e. The molecule has 0 aliphatic rings. The van der Waals surface area contributed by atoms with Crippen molar-refractivity contribution in [3.05, 3.63) is 77.6 Å². The number of fused-ring (bicyclic) bond motifs is 1. The molecule has 3 aromatic carbocycles. The molecule has 0 bridgehead atoms. The SMILES string of the molecule is CCCCc1nc2ccc(NC(=O)NCCCCCOC(=O)C(F)(F)F)cc2n1-c1ccc(-c2ccccc2)c(C(=O)O)c1C. The van der Waals surface area contributed by atoms with Crippen LogP contribution >= 0.6 is 0 Å². The van der Waals surface area contributed by atoms with Crippen molar-refractivity contribution in [1.82, 2.24) is 14.9 Å². The number of nitrogens with zero attached hydrogens (tertiary/aromatic N) is 2. The predicted molar refractivity (Wildman–Crippen MR) is 165 cm³/mol. The highest BCUT2D eigenvalue weighted by atomic mass is 19.4. The lowest BCUT2D eigenvalue weighted by Crippen LogP contribution is -2.29. The molecule has 12 heteroatoms. The fraction of sp³-hybridized carbons (Fsp3) is 0.333. The van der Waals surface area contributed by atoms with Gasteiger partial charge < -0.3 is 20.5 Å². The molecule has 1 aromatic heterocycles. The third-order valence-electron chi connectivity index (χ3n) is 7.28. The molecule has 4 rings (SSSR count). The van der Waals surface area contributed by atoms with Crippen LogP contribution in [0.25, 0.3) is 27.8 Å². The van der Waals surface area contributed by atoms with E-state index in [9.17, 15) is 32.7 Å². The Hall–Kier alpha value is -4.87. The zero-order valence-electron chi connectivity index (χ0n) is 25.0. The summed E-state index contributed by atoms with van der Waals surface area (Å²) in [5.41, 5.74) is 4.79. The highest BCUT2D eigenvalue weighted by Crippen LogP contribution is 2.33. The highest BCUT2D eigenvalue weighted by Gasteiger charge is 2.40. The molecule has 0 atom stereocenters. The number of hydrogen-bond acceptors (Lipinski definition) is 5. The average molecular weight is 625 g/mol. The molecule has 0 spiro atoms. The zero-order valence-corrected chi connectivity index (χ0v) is 25.0. The number of carbonyl (C=O) groups excluding carboxylic acids is 2. The number of urea groups is 1. The summed E-state index contributed by atoms with van der Waals surface area (Å²) >= 11 is 0. The number of imidazole rings is 1. The number of amides is 2. The largest absolute Gasteiger partial charge is 0.490 e. The summed E-state index contributed by atoms with van der Waals surface area (Å²) in [4.78, 5) is 40.7. The summed E-state index contributed by atoms with van der Waals surface area (Å²) in [7, 11) is 0. The number of aromatic carboxylic acids is 1. The second-order valence-electron chi connectivity index (χ2n) is 10.5. The summed E-state index contributed by atoms with van der Waals surface area (Å²) < 4.78 is 42.6. The number of unbranched alkanes of at least 4 members (excludes halogenated alkanes) is 3. The molecule has 0 radical (unpaired) electrons. The van der Waals surface area contributed by atoms with Crippen LogP contribution in [-0.4, -0.2) is 52.0 Å². The van der Waals surface area contributed by atoms with E-state index in [0.717, 1.165) is 24.2 Å². The zero-order chi connectivity index (χ0) is 32.6. The van der Waals surface area contributed by atoms with E-state index in [1.807, 2.05) is 47.0 Å². The Morgan fingerprint density at radius 3 is 2.42 bits per heavy atom. The number of carbonyl (C=O) groups is 3. The number of esters is 1. The van der Waals surface area contributed by atoms with Crippen LogP contribution in [-0.2, 0) is 16.0 Å². The van der Waals surface area contributed by atoms with Crippen LogP contribution in [0.1, 0.15) is 60.8 Å². The topological polar surface area (TPSA) is 123 Å². The van der Waals surface area contributed by atoms with Gasteiger partial charge in [0, 0.05) is 18.7 Å². The Labute approximate surface area is 258 Å². The molecular formula is C33H35F3N4O5. The van der Waals surface area contributed by atoms with Crippen molar-refractivity contribution < 1.29 is 37.4 Å². The van der Waals surface area contributed by atoms with Gasteiger partial charge in [0.15, 0.2) is 0 Å². The molecular weight excluding hydrogens is 589 g/mol. The van der Waals surface area contributed by atoms with Gasteiger partial charge in [-0.1, -0.05) is 49.7 Å². The number of benzene rings is 3. The third-order valence-corrected chi connectivity index (χ3v) is 7.28. The first-order valence-electron chi connectivity index (χ1n) is 14.7. The summed E-state index contributed by atoms with van der Waals surface area (Å²) in [6.45, 7) is 3.79. The molecule has 3 N–H and O–H groups in total. The number of ether oxygens (including phenoxy) is 1. The monoisotopic (exact) mass is 624 g/mol. The van der Waals surface area contributed by atoms with Gasteiger partial charge in [-0.25, -0.2) is 19.4 Å². The van der Waals surface area contributed by atoms with Crippen molar-refractivity contribution in [2.75, 3.05) is 18.5 Å². The molecule has 0 saturated carbocycles. The van der Waals surface area contributed by atoms with Gasteiger partial charge in [-0.2, -0.15) is 13.2 Å². The molecule has 2 amide bonds. The first kappa shape index (κ1) is 33.0. The van der Waals surface area contributed by atoms with Crippen molar-refractivity contribution in [2.24, 2.45) is 0 Å². The molecule has 9 nitrogen and oxygen atoms in total. The first-order chi connectivity index (χ1) is 21.5. The van der Waals surface area contributed by atoms with E-state index in [4.69, 9.17) is 4.98 Å². The maximum atomic E-state index is 12.6. The van der Waals surface area contributed by atoms with Gasteiger partial charge in [0.2, 0.25) is 0 Å². The van der Waals surface area contributed by atoms with E-state index >= 15 is 0 Å². The number of aromatic nitrogens is 2. The van der Waals surface area contributed by atoms with Crippen molar-refractivity contribution in [3.63, 3.8) is 0 Å². The minimum absolute atomic E-state index is 0.203. The normalized spacial score (nSPS) is 11.4. The number of anilines is 1. The number of nitrogens with one attached hydrogen (secondary N) is 2. The molecule has 0 aliphatic heterocycles. The standard InChI is InChI=1S/C33H35F3N4O5/c1-3-4-13-28-39-25-16-14-23(38-32(44)37-18-9-6-10-19-45-31(43)33(34,35)36)20-27(25)40(28)26-17-15-24(22-11-7-5-8-12-22)29(21(26)2)30(41)42/h5,7-8,11-12,14-17,20H,3-4,6,9-10,13,18-19H2,1-2H3,(H,41,42)(H2,37,38,44). The molecule has 45 heavy (non-hydrogen) atoms. The van der Waals surface area contributed by atoms with Crippen LogP contribution in [0.5, 0.6) is 0 Å². The molecule has 1 heterocycles. The maximum absolute atomic E-state index is 12.6. The molecule has 0 fully saturated rings. The van der Waals surface area contributed by atoms with Crippen molar-refractivity contribution in [1.29, 1.82) is 0 Å². The van der Waals surface area contributed by atoms with Gasteiger partial charge in [0.1, 0.15) is 5.82 Å². The summed E-state index contributed by atoms with van der Waals surface area (Å²) in [5.74, 6) is -2.46. The number of alkyl halides is 3. The average Bonchev–Trinajstić information content (AvgIpc) is 3.36. The van der Waals surface area contributed by atoms with Gasteiger partial charge in [0.25, 0.3) is 0 Å². The van der Waals surface area contributed by atoms with E-state index in [1.165, 1.54) is 0 Å². The van der Waals surface area contributed by atoms with E-state index in [1.54, 1.807) is 25.1 Å². The highest BCUT2D eigenvalue weighted by molar-refractivity contribution is 5.99. The van der Waals surface area contributed by atoms with E-state index in [2.05, 4.69) is 22.3 Å². The van der Waals surface area contributed by atoms with Gasteiger partial charge in [-0.15, -0.1) is 0 Å². The van der Waals surface area contributed by atoms with E-state index in [0.29, 0.717) is 52.8 Å². The number of hydrogen-bond donors (Lipinski definition) is 3. The quantitative estimate of drug-likeness (QED) is 0.105. The van der Waals surface area contributed by atoms with Crippen LogP contribution < -0.4 is 10.6 Å². The summed E-state index contributed by atoms with van der Waals surface area (Å²) in [6, 6.07) is 17.9. The number of carboxylic acids is 1. The lowest BCUT2D eigenvalue weighted by atomic mass is 9.94. The van der Waals surface area contributed by atoms with Crippen LogP contribution in [0.2, 0.25) is 0 Å². The number of carboxylic acid groups (broad SMARTS) is 1. The van der Waals surface area contributed by atoms with Crippen LogP contribution in [0.15, 0.2) is 60.7 Å². The lowest BCUT2D eigenvalue weighted by molar-refractivity contribution is -0.199. The Morgan fingerprint density at radius 2 is 1.73 bits per heavy atom. The van der Waals surface area contributed by atoms with E-state index in [-0.39, 0.29) is 25.1 Å². The predicted octanol–water partition coefficient (Wildman–Crippen LogP) is 7.44. The van der Waals surface area contributed by atoms with E-state index < -0.39 is 24.1 Å². The first-order valence-corrected chi connectivity index (χ1v) is 14.7. The van der Waals surface area contributed by atoms with Gasteiger partial charge in [-0.05, 0) is 73.6 Å². The third kappa shape index (κ3) is 8.20. The van der Waals surface area contributed by atoms with Crippen LogP contribution in [0, 0.1) is 6.92 Å². The Kier molecular flexibility index (Phi) is 10.8. The van der Waals surface area contributed by atoms with Gasteiger partial charge in [0.05, 0.1) is 28.9 Å². The van der Waals surface area contributed by atoms with Gasteiger partial charge in [-0.3, -0.25) is 4.57 Å².